The minimum atomic E-state index is -0.348. The number of ether oxygens (including phenoxy) is 2. The van der Waals surface area contributed by atoms with Gasteiger partial charge in [0.15, 0.2) is 10.3 Å². The topological polar surface area (TPSA) is 115 Å². The third-order valence-corrected chi connectivity index (χ3v) is 6.68. The fourth-order valence-electron chi connectivity index (χ4n) is 2.58. The van der Waals surface area contributed by atoms with Crippen molar-refractivity contribution in [2.75, 3.05) is 19.5 Å². The summed E-state index contributed by atoms with van der Waals surface area (Å²) in [6.07, 6.45) is 1.42. The number of aromatic amines is 1. The van der Waals surface area contributed by atoms with E-state index in [1.54, 1.807) is 14.2 Å². The van der Waals surface area contributed by atoms with Gasteiger partial charge in [0.05, 0.1) is 19.4 Å². The van der Waals surface area contributed by atoms with Crippen LogP contribution in [0.15, 0.2) is 68.1 Å². The molecule has 0 radical (unpaired) electrons. The zero-order valence-corrected chi connectivity index (χ0v) is 19.5. The van der Waals surface area contributed by atoms with E-state index in [-0.39, 0.29) is 5.91 Å². The van der Waals surface area contributed by atoms with Gasteiger partial charge in [0.2, 0.25) is 0 Å². The van der Waals surface area contributed by atoms with E-state index in [0.29, 0.717) is 32.5 Å². The van der Waals surface area contributed by atoms with Crippen molar-refractivity contribution in [3.8, 4) is 5.75 Å². The van der Waals surface area contributed by atoms with E-state index in [2.05, 4.69) is 30.5 Å². The fourth-order valence-corrected chi connectivity index (χ4v) is 4.83. The van der Waals surface area contributed by atoms with Crippen molar-refractivity contribution in [3.05, 3.63) is 59.5 Å². The smallest absolute Gasteiger partial charge is 0.277 e. The number of aromatic nitrogens is 5. The first-order valence-electron chi connectivity index (χ1n) is 9.25. The van der Waals surface area contributed by atoms with Gasteiger partial charge in [-0.05, 0) is 48.2 Å². The molecule has 0 aliphatic heterocycles. The molecule has 12 heteroatoms. The van der Waals surface area contributed by atoms with Gasteiger partial charge >= 0.3 is 0 Å². The predicted octanol–water partition coefficient (Wildman–Crippen LogP) is 4.37. The number of benzene rings is 1. The van der Waals surface area contributed by atoms with Crippen LogP contribution in [0.3, 0.4) is 0 Å². The zero-order valence-electron chi connectivity index (χ0n) is 17.1. The zero-order chi connectivity index (χ0) is 22.3. The normalized spacial score (nSPS) is 10.8. The van der Waals surface area contributed by atoms with Crippen molar-refractivity contribution in [1.29, 1.82) is 0 Å². The Hall–Kier alpha value is -2.93. The highest BCUT2D eigenvalue weighted by atomic mass is 32.2. The summed E-state index contributed by atoms with van der Waals surface area (Å²) < 4.78 is 10.3. The second-order valence-corrected chi connectivity index (χ2v) is 9.18. The summed E-state index contributed by atoms with van der Waals surface area (Å²) in [7, 11) is 3.22. The lowest BCUT2D eigenvalue weighted by Crippen LogP contribution is -2.15. The molecule has 0 aliphatic carbocycles. The number of anilines is 1. The molecule has 0 fully saturated rings. The maximum atomic E-state index is 13.1. The van der Waals surface area contributed by atoms with Crippen molar-refractivity contribution in [3.63, 3.8) is 0 Å². The van der Waals surface area contributed by atoms with E-state index in [1.807, 2.05) is 41.8 Å². The van der Waals surface area contributed by atoms with Gasteiger partial charge in [0.1, 0.15) is 22.8 Å². The first-order valence-corrected chi connectivity index (χ1v) is 11.8. The molecular weight excluding hydrogens is 468 g/mol. The SMILES string of the molecule is COCc1csc(NC(=O)c2nc(Sc3ncn[nH]3)ccc2Sc2ccc(OC)cc2)n1. The number of H-pyrrole nitrogens is 1. The summed E-state index contributed by atoms with van der Waals surface area (Å²) in [5.74, 6) is 0.416. The number of pyridine rings is 1. The Bertz CT molecular complexity index is 1180. The minimum Gasteiger partial charge on any atom is -0.497 e. The molecule has 3 heterocycles. The van der Waals surface area contributed by atoms with Crippen LogP contribution in [0, 0.1) is 0 Å². The molecule has 0 saturated carbocycles. The van der Waals surface area contributed by atoms with Crippen molar-refractivity contribution in [1.82, 2.24) is 25.1 Å². The van der Waals surface area contributed by atoms with Gasteiger partial charge in [-0.2, -0.15) is 5.10 Å². The van der Waals surface area contributed by atoms with Crippen LogP contribution in [-0.4, -0.2) is 45.3 Å². The van der Waals surface area contributed by atoms with Crippen molar-refractivity contribution >= 4 is 45.9 Å². The van der Waals surface area contributed by atoms with Gasteiger partial charge in [-0.3, -0.25) is 15.2 Å². The standard InChI is InChI=1S/C20H18N6O3S3/c1-28-9-12-10-30-20(23-12)25-18(27)17-15(31-14-5-3-13(29-2)4-6-14)7-8-16(24-17)32-19-21-11-22-26-19/h3-8,10-11H,9H2,1-2H3,(H,21,22,26)(H,23,25,27). The quantitative estimate of drug-likeness (QED) is 0.356. The van der Waals surface area contributed by atoms with Crippen molar-refractivity contribution < 1.29 is 14.3 Å². The number of hydrogen-bond acceptors (Lipinski definition) is 10. The molecule has 4 aromatic rings. The highest BCUT2D eigenvalue weighted by Crippen LogP contribution is 2.33. The number of thiazole rings is 1. The first kappa shape index (κ1) is 22.3. The van der Waals surface area contributed by atoms with Crippen LogP contribution in [-0.2, 0) is 11.3 Å². The number of methoxy groups -OCH3 is 2. The summed E-state index contributed by atoms with van der Waals surface area (Å²) >= 11 is 4.06. The second kappa shape index (κ2) is 10.6. The number of rotatable bonds is 9. The van der Waals surface area contributed by atoms with E-state index in [9.17, 15) is 4.79 Å². The van der Waals surface area contributed by atoms with Gasteiger partial charge in [-0.15, -0.1) is 11.3 Å². The monoisotopic (exact) mass is 486 g/mol. The molecule has 4 rings (SSSR count). The Morgan fingerprint density at radius 1 is 1.12 bits per heavy atom. The molecule has 164 valence electrons. The Morgan fingerprint density at radius 3 is 2.69 bits per heavy atom. The summed E-state index contributed by atoms with van der Waals surface area (Å²) in [4.78, 5) is 27.8. The number of nitrogens with one attached hydrogen (secondary N) is 2. The molecule has 0 spiro atoms. The van der Waals surface area contributed by atoms with E-state index in [4.69, 9.17) is 9.47 Å². The van der Waals surface area contributed by atoms with Crippen molar-refractivity contribution in [2.45, 2.75) is 26.6 Å². The molecule has 1 amide bonds. The lowest BCUT2D eigenvalue weighted by atomic mass is 10.3. The molecule has 9 nitrogen and oxygen atoms in total. The van der Waals surface area contributed by atoms with Crippen molar-refractivity contribution in [2.24, 2.45) is 0 Å². The summed E-state index contributed by atoms with van der Waals surface area (Å²) in [5, 5.41) is 13.0. The van der Waals surface area contributed by atoms with Gasteiger partial charge < -0.3 is 9.47 Å². The lowest BCUT2D eigenvalue weighted by Gasteiger charge is -2.10. The Morgan fingerprint density at radius 2 is 1.97 bits per heavy atom. The molecular formula is C20H18N6O3S3. The average Bonchev–Trinajstić information content (AvgIpc) is 3.48. The summed E-state index contributed by atoms with van der Waals surface area (Å²) in [6.45, 7) is 0.381. The molecule has 32 heavy (non-hydrogen) atoms. The molecule has 0 aliphatic rings. The minimum absolute atomic E-state index is 0.291. The Labute approximate surface area is 196 Å². The van der Waals surface area contributed by atoms with Gasteiger partial charge in [0, 0.05) is 22.3 Å². The van der Waals surface area contributed by atoms with Gasteiger partial charge in [0.25, 0.3) is 5.91 Å². The second-order valence-electron chi connectivity index (χ2n) is 6.20. The molecule has 3 aromatic heterocycles. The van der Waals surface area contributed by atoms with E-state index < -0.39 is 0 Å². The molecule has 0 atom stereocenters. The number of amides is 1. The number of hydrogen-bond donors (Lipinski definition) is 2. The van der Waals surface area contributed by atoms with E-state index in [0.717, 1.165) is 16.3 Å². The molecule has 1 aromatic carbocycles. The fraction of sp³-hybridized carbons (Fsp3) is 0.150. The third kappa shape index (κ3) is 5.65. The van der Waals surface area contributed by atoms with Crippen LogP contribution >= 0.6 is 34.9 Å². The summed E-state index contributed by atoms with van der Waals surface area (Å²) in [6, 6.07) is 11.3. The van der Waals surface area contributed by atoms with E-state index >= 15 is 0 Å². The number of nitrogens with zero attached hydrogens (tertiary/aromatic N) is 4. The number of carbonyl (C=O) groups is 1. The highest BCUT2D eigenvalue weighted by molar-refractivity contribution is 7.99. The average molecular weight is 487 g/mol. The van der Waals surface area contributed by atoms with E-state index in [1.165, 1.54) is 41.2 Å². The summed E-state index contributed by atoms with van der Waals surface area (Å²) in [5.41, 5.74) is 1.04. The Kier molecular flexibility index (Phi) is 7.37. The number of carbonyl (C=O) groups excluding carboxylic acids is 1. The maximum Gasteiger partial charge on any atom is 0.277 e. The highest BCUT2D eigenvalue weighted by Gasteiger charge is 2.18. The Balaban J connectivity index is 1.60. The van der Waals surface area contributed by atoms with Crippen LogP contribution < -0.4 is 10.1 Å². The first-order chi connectivity index (χ1) is 15.6. The molecule has 0 bridgehead atoms. The third-order valence-electron chi connectivity index (χ3n) is 3.99. The molecule has 0 unspecified atom stereocenters. The van der Waals surface area contributed by atoms with Gasteiger partial charge in [-0.25, -0.2) is 15.0 Å². The largest absolute Gasteiger partial charge is 0.497 e. The molecule has 2 N–H and O–H groups in total. The van der Waals surface area contributed by atoms with Crippen LogP contribution in [0.2, 0.25) is 0 Å². The van der Waals surface area contributed by atoms with Crippen LogP contribution in [0.25, 0.3) is 0 Å². The van der Waals surface area contributed by atoms with Gasteiger partial charge in [-0.1, -0.05) is 11.8 Å². The maximum absolute atomic E-state index is 13.1. The predicted molar refractivity (Wildman–Crippen MR) is 123 cm³/mol. The molecule has 0 saturated heterocycles. The lowest BCUT2D eigenvalue weighted by molar-refractivity contribution is 0.101. The van der Waals surface area contributed by atoms with Crippen LogP contribution in [0.1, 0.15) is 16.2 Å². The van der Waals surface area contributed by atoms with Crippen LogP contribution in [0.4, 0.5) is 5.13 Å². The van der Waals surface area contributed by atoms with Crippen LogP contribution in [0.5, 0.6) is 5.75 Å².